The Morgan fingerprint density at radius 2 is 1.64 bits per heavy atom. The van der Waals surface area contributed by atoms with E-state index < -0.39 is 10.0 Å². The van der Waals surface area contributed by atoms with E-state index >= 15 is 0 Å². The van der Waals surface area contributed by atoms with E-state index in [1.165, 1.54) is 20.2 Å². The first kappa shape index (κ1) is 16.9. The average molecular weight is 360 g/mol. The molecule has 0 radical (unpaired) electrons. The molecule has 0 saturated carbocycles. The summed E-state index contributed by atoms with van der Waals surface area (Å²) in [5.41, 5.74) is 1.13. The van der Waals surface area contributed by atoms with E-state index in [1.807, 2.05) is 0 Å². The molecule has 0 bridgehead atoms. The van der Waals surface area contributed by atoms with Crippen molar-refractivity contribution in [3.05, 3.63) is 52.0 Å². The molecule has 0 N–H and O–H groups in total. The van der Waals surface area contributed by atoms with Gasteiger partial charge in [-0.15, -0.1) is 0 Å². The summed E-state index contributed by atoms with van der Waals surface area (Å²) in [6.45, 7) is 1.79. The van der Waals surface area contributed by atoms with Gasteiger partial charge in [-0.2, -0.15) is 0 Å². The molecule has 0 aliphatic rings. The highest BCUT2D eigenvalue weighted by Crippen LogP contribution is 2.29. The largest absolute Gasteiger partial charge is 0.496 e. The summed E-state index contributed by atoms with van der Waals surface area (Å²) < 4.78 is 31.7. The van der Waals surface area contributed by atoms with Gasteiger partial charge < -0.3 is 4.74 Å². The number of rotatable bonds is 4. The second-order valence-electron chi connectivity index (χ2n) is 4.73. The van der Waals surface area contributed by atoms with E-state index in [4.69, 9.17) is 27.9 Å². The minimum Gasteiger partial charge on any atom is -0.496 e. The van der Waals surface area contributed by atoms with Crippen LogP contribution in [-0.2, 0) is 10.0 Å². The quantitative estimate of drug-likeness (QED) is 0.824. The first-order valence-corrected chi connectivity index (χ1v) is 8.55. The number of ether oxygens (including phenoxy) is 1. The molecule has 22 heavy (non-hydrogen) atoms. The number of nitrogens with zero attached hydrogens (tertiary/aromatic N) is 1. The lowest BCUT2D eigenvalue weighted by atomic mass is 10.2. The van der Waals surface area contributed by atoms with Crippen molar-refractivity contribution < 1.29 is 13.2 Å². The molecule has 0 saturated heterocycles. The van der Waals surface area contributed by atoms with Gasteiger partial charge in [0.05, 0.1) is 17.7 Å². The maximum Gasteiger partial charge on any atom is 0.264 e. The topological polar surface area (TPSA) is 46.6 Å². The highest BCUT2D eigenvalue weighted by Gasteiger charge is 2.22. The van der Waals surface area contributed by atoms with Gasteiger partial charge in [0, 0.05) is 17.1 Å². The molecule has 0 fully saturated rings. The lowest BCUT2D eigenvalue weighted by Gasteiger charge is -2.20. The highest BCUT2D eigenvalue weighted by atomic mass is 35.5. The molecule has 0 aliphatic heterocycles. The lowest BCUT2D eigenvalue weighted by Crippen LogP contribution is -2.26. The number of hydrogen-bond donors (Lipinski definition) is 0. The SMILES string of the molecule is COc1ccc(S(=O)(=O)N(C)c2cc(Cl)cc(Cl)c2)cc1C. The number of halogens is 2. The van der Waals surface area contributed by atoms with E-state index in [1.54, 1.807) is 37.3 Å². The third-order valence-corrected chi connectivity index (χ3v) is 5.45. The zero-order chi connectivity index (χ0) is 16.5. The summed E-state index contributed by atoms with van der Waals surface area (Å²) in [5.74, 6) is 0.632. The standard InChI is InChI=1S/C15H15Cl2NO3S/c1-10-6-14(4-5-15(10)21-3)22(19,20)18(2)13-8-11(16)7-12(17)9-13/h4-9H,1-3H3. The number of anilines is 1. The van der Waals surface area contributed by atoms with Gasteiger partial charge in [-0.1, -0.05) is 23.2 Å². The molecule has 7 heteroatoms. The van der Waals surface area contributed by atoms with Crippen LogP contribution in [0.1, 0.15) is 5.56 Å². The Balaban J connectivity index is 2.47. The molecule has 4 nitrogen and oxygen atoms in total. The van der Waals surface area contributed by atoms with Crippen LogP contribution in [0.4, 0.5) is 5.69 Å². The molecule has 118 valence electrons. The molecular weight excluding hydrogens is 345 g/mol. The number of benzene rings is 2. The third kappa shape index (κ3) is 3.32. The van der Waals surface area contributed by atoms with Crippen molar-refractivity contribution in [2.24, 2.45) is 0 Å². The van der Waals surface area contributed by atoms with E-state index in [2.05, 4.69) is 0 Å². The Labute approximate surface area is 140 Å². The third-order valence-electron chi connectivity index (χ3n) is 3.24. The molecular formula is C15H15Cl2NO3S. The van der Waals surface area contributed by atoms with Crippen LogP contribution in [0.5, 0.6) is 5.75 Å². The van der Waals surface area contributed by atoms with Crippen molar-refractivity contribution in [3.63, 3.8) is 0 Å². The second kappa shape index (κ2) is 6.36. The fourth-order valence-corrected chi connectivity index (χ4v) is 3.81. The maximum absolute atomic E-state index is 12.7. The van der Waals surface area contributed by atoms with Crippen LogP contribution >= 0.6 is 23.2 Å². The van der Waals surface area contributed by atoms with Crippen LogP contribution in [0.2, 0.25) is 10.0 Å². The van der Waals surface area contributed by atoms with Crippen molar-refractivity contribution in [3.8, 4) is 5.75 Å². The lowest BCUT2D eigenvalue weighted by molar-refractivity contribution is 0.411. The van der Waals surface area contributed by atoms with E-state index in [9.17, 15) is 8.42 Å². The van der Waals surface area contributed by atoms with Crippen molar-refractivity contribution in [1.29, 1.82) is 0 Å². The fraction of sp³-hybridized carbons (Fsp3) is 0.200. The van der Waals surface area contributed by atoms with E-state index in [-0.39, 0.29) is 4.90 Å². The van der Waals surface area contributed by atoms with Crippen molar-refractivity contribution >= 4 is 38.9 Å². The zero-order valence-electron chi connectivity index (χ0n) is 12.3. The first-order chi connectivity index (χ1) is 10.3. The second-order valence-corrected chi connectivity index (χ2v) is 7.57. The number of hydrogen-bond acceptors (Lipinski definition) is 3. The predicted molar refractivity (Wildman–Crippen MR) is 89.8 cm³/mol. The van der Waals surface area contributed by atoms with Gasteiger partial charge in [-0.25, -0.2) is 8.42 Å². The molecule has 2 rings (SSSR count). The van der Waals surface area contributed by atoms with Gasteiger partial charge in [0.1, 0.15) is 5.75 Å². The van der Waals surface area contributed by atoms with Crippen LogP contribution in [0.25, 0.3) is 0 Å². The molecule has 0 spiro atoms. The van der Waals surface area contributed by atoms with Crippen LogP contribution in [0.3, 0.4) is 0 Å². The van der Waals surface area contributed by atoms with Gasteiger partial charge in [-0.3, -0.25) is 4.31 Å². The minimum absolute atomic E-state index is 0.171. The predicted octanol–water partition coefficient (Wildman–Crippen LogP) is 4.14. The van der Waals surface area contributed by atoms with Gasteiger partial charge >= 0.3 is 0 Å². The van der Waals surface area contributed by atoms with E-state index in [0.29, 0.717) is 21.5 Å². The highest BCUT2D eigenvalue weighted by molar-refractivity contribution is 7.92. The molecule has 0 aromatic heterocycles. The summed E-state index contributed by atoms with van der Waals surface area (Å²) >= 11 is 11.9. The summed E-state index contributed by atoms with van der Waals surface area (Å²) in [6, 6.07) is 9.33. The number of aryl methyl sites for hydroxylation is 1. The first-order valence-electron chi connectivity index (χ1n) is 6.35. The van der Waals surface area contributed by atoms with Gasteiger partial charge in [0.25, 0.3) is 10.0 Å². The van der Waals surface area contributed by atoms with Crippen LogP contribution in [-0.4, -0.2) is 22.6 Å². The molecule has 0 heterocycles. The average Bonchev–Trinajstić information content (AvgIpc) is 2.45. The summed E-state index contributed by atoms with van der Waals surface area (Å²) in [5, 5.41) is 0.742. The Hall–Kier alpha value is -1.43. The smallest absolute Gasteiger partial charge is 0.264 e. The normalized spacial score (nSPS) is 11.3. The molecule has 2 aromatic carbocycles. The molecule has 0 amide bonds. The summed E-state index contributed by atoms with van der Waals surface area (Å²) in [7, 11) is -0.719. The Kier molecular flexibility index (Phi) is 4.90. The number of sulfonamides is 1. The molecule has 0 aliphatic carbocycles. The molecule has 2 aromatic rings. The van der Waals surface area contributed by atoms with Gasteiger partial charge in [-0.05, 0) is 48.9 Å². The van der Waals surface area contributed by atoms with Gasteiger partial charge in [0.2, 0.25) is 0 Å². The summed E-state index contributed by atoms with van der Waals surface area (Å²) in [6.07, 6.45) is 0. The van der Waals surface area contributed by atoms with Crippen molar-refractivity contribution in [2.45, 2.75) is 11.8 Å². The zero-order valence-corrected chi connectivity index (χ0v) is 14.6. The molecule has 0 unspecified atom stereocenters. The Morgan fingerprint density at radius 3 is 2.14 bits per heavy atom. The van der Waals surface area contributed by atoms with Crippen LogP contribution < -0.4 is 9.04 Å². The van der Waals surface area contributed by atoms with Crippen molar-refractivity contribution in [2.75, 3.05) is 18.5 Å². The summed E-state index contributed by atoms with van der Waals surface area (Å²) in [4.78, 5) is 0.171. The van der Waals surface area contributed by atoms with Crippen molar-refractivity contribution in [1.82, 2.24) is 0 Å². The Morgan fingerprint density at radius 1 is 1.05 bits per heavy atom. The Bertz CT molecular complexity index is 786. The van der Waals surface area contributed by atoms with E-state index in [0.717, 1.165) is 9.87 Å². The minimum atomic E-state index is -3.71. The monoisotopic (exact) mass is 359 g/mol. The number of methoxy groups -OCH3 is 1. The maximum atomic E-state index is 12.7. The molecule has 0 atom stereocenters. The fourth-order valence-electron chi connectivity index (χ4n) is 2.03. The van der Waals surface area contributed by atoms with Gasteiger partial charge in [0.15, 0.2) is 0 Å². The van der Waals surface area contributed by atoms with Crippen LogP contribution in [0.15, 0.2) is 41.3 Å². The van der Waals surface area contributed by atoms with Crippen LogP contribution in [0, 0.1) is 6.92 Å².